The minimum atomic E-state index is -1.78. The van der Waals surface area contributed by atoms with Gasteiger partial charge in [0.15, 0.2) is 12.4 Å². The lowest BCUT2D eigenvalue weighted by molar-refractivity contribution is -0.0889. The smallest absolute Gasteiger partial charge is 0.167 e. The molecule has 1 saturated heterocycles. The number of nitrogens with zero attached hydrogens (tertiary/aromatic N) is 3. The van der Waals surface area contributed by atoms with Gasteiger partial charge in [0, 0.05) is 6.20 Å². The van der Waals surface area contributed by atoms with Gasteiger partial charge in [0.2, 0.25) is 0 Å². The number of aliphatic hydroxyl groups excluding tert-OH is 1. The summed E-state index contributed by atoms with van der Waals surface area (Å²) in [5.74, 6) is 0.293. The highest BCUT2D eigenvalue weighted by Crippen LogP contribution is 2.41. The summed E-state index contributed by atoms with van der Waals surface area (Å²) in [5, 5.41) is 20.0. The fourth-order valence-electron chi connectivity index (χ4n) is 2.55. The zero-order valence-corrected chi connectivity index (χ0v) is 10.8. The van der Waals surface area contributed by atoms with E-state index in [0.717, 1.165) is 0 Å². The maximum atomic E-state index is 14.1. The van der Waals surface area contributed by atoms with Gasteiger partial charge in [-0.15, -0.1) is 0 Å². The van der Waals surface area contributed by atoms with Crippen molar-refractivity contribution in [2.75, 3.05) is 12.3 Å². The summed E-state index contributed by atoms with van der Waals surface area (Å²) in [6, 6.07) is 1.67. The number of hydrogen-bond donors (Lipinski definition) is 3. The van der Waals surface area contributed by atoms with Crippen LogP contribution in [-0.4, -0.2) is 49.2 Å². The summed E-state index contributed by atoms with van der Waals surface area (Å²) in [4.78, 5) is 7.95. The Labute approximate surface area is 113 Å². The number of aromatic nitrogens is 3. The molecule has 2 aromatic heterocycles. The number of ether oxygens (including phenoxy) is 1. The fraction of sp³-hybridized carbons (Fsp3) is 0.500. The maximum Gasteiger partial charge on any atom is 0.167 e. The van der Waals surface area contributed by atoms with Gasteiger partial charge in [-0.3, -0.25) is 0 Å². The summed E-state index contributed by atoms with van der Waals surface area (Å²) in [5.41, 5.74) is 4.39. The number of fused-ring (bicyclic) bond motifs is 1. The van der Waals surface area contributed by atoms with Crippen LogP contribution in [0.3, 0.4) is 0 Å². The highest BCUT2D eigenvalue weighted by molar-refractivity contribution is 5.86. The van der Waals surface area contributed by atoms with Gasteiger partial charge in [0.25, 0.3) is 0 Å². The van der Waals surface area contributed by atoms with Gasteiger partial charge in [-0.1, -0.05) is 0 Å². The zero-order valence-electron chi connectivity index (χ0n) is 10.8. The summed E-state index contributed by atoms with van der Waals surface area (Å²) in [6.45, 7) is 0.818. The van der Waals surface area contributed by atoms with Crippen LogP contribution in [0.1, 0.15) is 13.2 Å². The Morgan fingerprint density at radius 3 is 2.95 bits per heavy atom. The largest absolute Gasteiger partial charge is 0.394 e. The number of rotatable bonds is 2. The molecule has 0 aromatic carbocycles. The molecule has 1 aliphatic heterocycles. The second kappa shape index (κ2) is 4.37. The Morgan fingerprint density at radius 2 is 2.30 bits per heavy atom. The highest BCUT2D eigenvalue weighted by atomic mass is 19.1. The molecule has 108 valence electrons. The van der Waals surface area contributed by atoms with Crippen molar-refractivity contribution in [2.24, 2.45) is 0 Å². The van der Waals surface area contributed by atoms with E-state index in [-0.39, 0.29) is 0 Å². The summed E-state index contributed by atoms with van der Waals surface area (Å²) in [6.07, 6.45) is -0.891. The van der Waals surface area contributed by atoms with Crippen LogP contribution >= 0.6 is 0 Å². The Kier molecular flexibility index (Phi) is 2.89. The van der Waals surface area contributed by atoms with Crippen molar-refractivity contribution < 1.29 is 19.3 Å². The van der Waals surface area contributed by atoms with Crippen LogP contribution in [0, 0.1) is 0 Å². The van der Waals surface area contributed by atoms with E-state index in [4.69, 9.17) is 15.6 Å². The fourth-order valence-corrected chi connectivity index (χ4v) is 2.55. The number of hydrogen-bond acceptors (Lipinski definition) is 6. The second-order valence-corrected chi connectivity index (χ2v) is 5.06. The highest BCUT2D eigenvalue weighted by Gasteiger charge is 2.54. The van der Waals surface area contributed by atoms with Crippen molar-refractivity contribution >= 4 is 16.9 Å². The number of anilines is 1. The third-order valence-corrected chi connectivity index (χ3v) is 3.66. The van der Waals surface area contributed by atoms with Crippen LogP contribution in [0.25, 0.3) is 11.0 Å². The van der Waals surface area contributed by atoms with E-state index in [0.29, 0.717) is 16.9 Å². The van der Waals surface area contributed by atoms with Crippen LogP contribution in [0.4, 0.5) is 10.2 Å². The Balaban J connectivity index is 2.10. The molecule has 0 radical (unpaired) electrons. The number of nitrogens with two attached hydrogens (primary N) is 1. The number of aliphatic hydroxyl groups is 2. The minimum absolute atomic E-state index is 0.293. The lowest BCUT2D eigenvalue weighted by atomic mass is 9.98. The van der Waals surface area contributed by atoms with Crippen molar-refractivity contribution in [1.82, 2.24) is 14.5 Å². The molecule has 2 aromatic rings. The maximum absolute atomic E-state index is 14.1. The lowest BCUT2D eigenvalue weighted by Gasteiger charge is -2.26. The van der Waals surface area contributed by atoms with Gasteiger partial charge >= 0.3 is 0 Å². The molecule has 0 saturated carbocycles. The molecule has 2 unspecified atom stereocenters. The summed E-state index contributed by atoms with van der Waals surface area (Å²) >= 11 is 0. The average Bonchev–Trinajstić information content (AvgIpc) is 2.92. The number of nitrogen functional groups attached to an aromatic ring is 1. The van der Waals surface area contributed by atoms with Gasteiger partial charge in [-0.2, -0.15) is 0 Å². The van der Waals surface area contributed by atoms with Crippen molar-refractivity contribution in [3.8, 4) is 0 Å². The second-order valence-electron chi connectivity index (χ2n) is 5.06. The van der Waals surface area contributed by atoms with Crippen molar-refractivity contribution in [3.05, 3.63) is 18.6 Å². The van der Waals surface area contributed by atoms with E-state index < -0.39 is 30.7 Å². The first kappa shape index (κ1) is 13.2. The van der Waals surface area contributed by atoms with Crippen LogP contribution in [0.5, 0.6) is 0 Å². The van der Waals surface area contributed by atoms with E-state index >= 15 is 0 Å². The quantitative estimate of drug-likeness (QED) is 0.715. The molecule has 7 nitrogen and oxygen atoms in total. The molecule has 1 aliphatic rings. The van der Waals surface area contributed by atoms with Crippen LogP contribution in [0.15, 0.2) is 18.6 Å². The van der Waals surface area contributed by atoms with Gasteiger partial charge in [0.05, 0.1) is 12.0 Å². The van der Waals surface area contributed by atoms with E-state index in [9.17, 15) is 9.50 Å². The van der Waals surface area contributed by atoms with Gasteiger partial charge < -0.3 is 25.3 Å². The summed E-state index contributed by atoms with van der Waals surface area (Å²) < 4.78 is 21.0. The molecule has 0 bridgehead atoms. The average molecular weight is 282 g/mol. The predicted octanol–water partition coefficient (Wildman–Crippen LogP) is -0.00770. The topological polar surface area (TPSA) is 106 Å². The van der Waals surface area contributed by atoms with Crippen molar-refractivity contribution in [2.45, 2.75) is 31.0 Å². The molecule has 1 fully saturated rings. The predicted molar refractivity (Wildman–Crippen MR) is 68.5 cm³/mol. The standard InChI is InChI=1S/C12H15FN4O3/c1-12(19)8(13)7(4-18)20-11(12)17-3-2-6-9(14)15-5-16-10(6)17/h2-3,5,7-8,11,18-19H,4H2,1H3,(H2,14,15,16)/t7-,8?,11-,12?/m1/s1. The molecule has 0 amide bonds. The summed E-state index contributed by atoms with van der Waals surface area (Å²) in [7, 11) is 0. The van der Waals surface area contributed by atoms with Gasteiger partial charge in [0.1, 0.15) is 29.5 Å². The first-order valence-corrected chi connectivity index (χ1v) is 6.16. The van der Waals surface area contributed by atoms with E-state index in [1.807, 2.05) is 0 Å². The SMILES string of the molecule is CC1(O)C(F)[C@@H](CO)O[C@H]1n1ccc2c(N)ncnc21. The number of alkyl halides is 1. The lowest BCUT2D eigenvalue weighted by Crippen LogP contribution is -2.41. The van der Waals surface area contributed by atoms with Crippen LogP contribution in [0.2, 0.25) is 0 Å². The molecule has 3 heterocycles. The first-order valence-electron chi connectivity index (χ1n) is 6.16. The minimum Gasteiger partial charge on any atom is -0.394 e. The Morgan fingerprint density at radius 1 is 1.55 bits per heavy atom. The van der Waals surface area contributed by atoms with E-state index in [1.54, 1.807) is 12.3 Å². The molecular formula is C12H15FN4O3. The molecule has 20 heavy (non-hydrogen) atoms. The van der Waals surface area contributed by atoms with E-state index in [2.05, 4.69) is 9.97 Å². The monoisotopic (exact) mass is 282 g/mol. The molecule has 0 spiro atoms. The van der Waals surface area contributed by atoms with Gasteiger partial charge in [-0.05, 0) is 13.0 Å². The molecule has 4 atom stereocenters. The van der Waals surface area contributed by atoms with Gasteiger partial charge in [-0.25, -0.2) is 14.4 Å². The molecule has 8 heteroatoms. The number of halogens is 1. The third-order valence-electron chi connectivity index (χ3n) is 3.66. The van der Waals surface area contributed by atoms with Crippen molar-refractivity contribution in [1.29, 1.82) is 0 Å². The normalized spacial score (nSPS) is 33.9. The molecule has 4 N–H and O–H groups in total. The van der Waals surface area contributed by atoms with Crippen LogP contribution in [-0.2, 0) is 4.74 Å². The third kappa shape index (κ3) is 1.69. The Bertz CT molecular complexity index is 645. The van der Waals surface area contributed by atoms with E-state index in [1.165, 1.54) is 17.8 Å². The first-order chi connectivity index (χ1) is 9.46. The van der Waals surface area contributed by atoms with Crippen LogP contribution < -0.4 is 5.73 Å². The zero-order chi connectivity index (χ0) is 14.5. The Hall–Kier alpha value is -1.77. The molecule has 3 rings (SSSR count). The molecule has 0 aliphatic carbocycles. The van der Waals surface area contributed by atoms with Crippen molar-refractivity contribution in [3.63, 3.8) is 0 Å². The molecular weight excluding hydrogens is 267 g/mol.